The molecule has 1 unspecified atom stereocenters. The summed E-state index contributed by atoms with van der Waals surface area (Å²) in [6.07, 6.45) is 0. The summed E-state index contributed by atoms with van der Waals surface area (Å²) in [5.74, 6) is 0. The van der Waals surface area contributed by atoms with Crippen molar-refractivity contribution in [3.05, 3.63) is 68.3 Å². The minimum absolute atomic E-state index is 0.182. The molecule has 3 heteroatoms. The van der Waals surface area contributed by atoms with Gasteiger partial charge in [0.25, 0.3) is 0 Å². The number of rotatable bonds is 3. The van der Waals surface area contributed by atoms with Gasteiger partial charge in [-0.2, -0.15) is 0 Å². The van der Waals surface area contributed by atoms with Gasteiger partial charge < -0.3 is 5.32 Å². The van der Waals surface area contributed by atoms with Crippen molar-refractivity contribution in [3.8, 4) is 0 Å². The summed E-state index contributed by atoms with van der Waals surface area (Å²) in [5.41, 5.74) is 2.46. The van der Waals surface area contributed by atoms with E-state index >= 15 is 0 Å². The normalized spacial score (nSPS) is 12.4. The van der Waals surface area contributed by atoms with E-state index in [1.54, 1.807) is 0 Å². The first kappa shape index (κ1) is 12.9. The molecule has 0 aliphatic heterocycles. The zero-order valence-corrected chi connectivity index (χ0v) is 12.4. The molecule has 2 rings (SSSR count). The van der Waals surface area contributed by atoms with Crippen molar-refractivity contribution in [3.63, 3.8) is 0 Å². The first-order chi connectivity index (χ1) is 8.22. The van der Waals surface area contributed by atoms with Crippen molar-refractivity contribution in [1.82, 2.24) is 5.32 Å². The van der Waals surface area contributed by atoms with Crippen molar-refractivity contribution in [2.24, 2.45) is 0 Å². The van der Waals surface area contributed by atoms with Gasteiger partial charge in [0.1, 0.15) is 0 Å². The van der Waals surface area contributed by atoms with Crippen LogP contribution in [0.4, 0.5) is 0 Å². The molecule has 0 amide bonds. The lowest BCUT2D eigenvalue weighted by Crippen LogP contribution is -2.18. The summed E-state index contributed by atoms with van der Waals surface area (Å²) < 4.78 is 1.25. The lowest BCUT2D eigenvalue weighted by Gasteiger charge is -2.18. The lowest BCUT2D eigenvalue weighted by atomic mass is 9.99. The highest BCUT2D eigenvalue weighted by molar-refractivity contribution is 14.1. The standard InChI is InChI=1S/C14H13ClIN/c1-17-14(10-5-4-6-11(15)9-10)12-7-2-3-8-13(12)16/h2-9,14,17H,1H3. The molecule has 2 aromatic carbocycles. The van der Waals surface area contributed by atoms with Gasteiger partial charge in [0.15, 0.2) is 0 Å². The van der Waals surface area contributed by atoms with Crippen LogP contribution in [-0.4, -0.2) is 7.05 Å². The maximum atomic E-state index is 6.04. The second kappa shape index (κ2) is 5.85. The van der Waals surface area contributed by atoms with Crippen LogP contribution in [0.15, 0.2) is 48.5 Å². The van der Waals surface area contributed by atoms with E-state index in [1.165, 1.54) is 14.7 Å². The smallest absolute Gasteiger partial charge is 0.0585 e. The molecule has 0 heterocycles. The molecule has 17 heavy (non-hydrogen) atoms. The van der Waals surface area contributed by atoms with Gasteiger partial charge in [-0.25, -0.2) is 0 Å². The van der Waals surface area contributed by atoms with Crippen LogP contribution in [-0.2, 0) is 0 Å². The predicted octanol–water partition coefficient (Wildman–Crippen LogP) is 4.25. The Labute approximate surface area is 120 Å². The molecule has 0 spiro atoms. The minimum atomic E-state index is 0.182. The van der Waals surface area contributed by atoms with Crippen LogP contribution in [0.1, 0.15) is 17.2 Å². The zero-order chi connectivity index (χ0) is 12.3. The van der Waals surface area contributed by atoms with Gasteiger partial charge in [-0.3, -0.25) is 0 Å². The summed E-state index contributed by atoms with van der Waals surface area (Å²) in [7, 11) is 1.97. The summed E-state index contributed by atoms with van der Waals surface area (Å²) >= 11 is 8.40. The highest BCUT2D eigenvalue weighted by Crippen LogP contribution is 2.27. The molecule has 0 aliphatic carbocycles. The van der Waals surface area contributed by atoms with E-state index in [-0.39, 0.29) is 6.04 Å². The van der Waals surface area contributed by atoms with Crippen LogP contribution in [0.25, 0.3) is 0 Å². The van der Waals surface area contributed by atoms with Gasteiger partial charge in [-0.05, 0) is 59.0 Å². The van der Waals surface area contributed by atoms with Crippen molar-refractivity contribution < 1.29 is 0 Å². The molecular weight excluding hydrogens is 345 g/mol. The number of halogens is 2. The summed E-state index contributed by atoms with van der Waals surface area (Å²) in [6.45, 7) is 0. The van der Waals surface area contributed by atoms with Crippen LogP contribution in [0, 0.1) is 3.57 Å². The number of nitrogens with one attached hydrogen (secondary N) is 1. The monoisotopic (exact) mass is 357 g/mol. The predicted molar refractivity (Wildman–Crippen MR) is 81.5 cm³/mol. The quantitative estimate of drug-likeness (QED) is 0.810. The van der Waals surface area contributed by atoms with E-state index in [4.69, 9.17) is 11.6 Å². The van der Waals surface area contributed by atoms with E-state index in [1.807, 2.05) is 25.2 Å². The SMILES string of the molecule is CNC(c1cccc(Cl)c1)c1ccccc1I. The van der Waals surface area contributed by atoms with Crippen LogP contribution < -0.4 is 5.32 Å². The molecule has 0 aromatic heterocycles. The highest BCUT2D eigenvalue weighted by Gasteiger charge is 2.14. The molecule has 1 nitrogen and oxygen atoms in total. The van der Waals surface area contributed by atoms with Gasteiger partial charge in [0, 0.05) is 8.59 Å². The van der Waals surface area contributed by atoms with Crippen LogP contribution in [0.5, 0.6) is 0 Å². The Morgan fingerprint density at radius 1 is 1.12 bits per heavy atom. The second-order valence-electron chi connectivity index (χ2n) is 3.80. The molecule has 0 aliphatic rings. The van der Waals surface area contributed by atoms with E-state index < -0.39 is 0 Å². The molecule has 0 saturated carbocycles. The Morgan fingerprint density at radius 3 is 2.53 bits per heavy atom. The molecule has 2 aromatic rings. The Kier molecular flexibility index (Phi) is 4.42. The van der Waals surface area contributed by atoms with E-state index in [2.05, 4.69) is 58.2 Å². The van der Waals surface area contributed by atoms with Gasteiger partial charge in [0.2, 0.25) is 0 Å². The first-order valence-corrected chi connectivity index (χ1v) is 6.85. The number of hydrogen-bond acceptors (Lipinski definition) is 1. The number of hydrogen-bond donors (Lipinski definition) is 1. The van der Waals surface area contributed by atoms with E-state index in [0.717, 1.165) is 5.02 Å². The minimum Gasteiger partial charge on any atom is -0.309 e. The fourth-order valence-electron chi connectivity index (χ4n) is 1.90. The van der Waals surface area contributed by atoms with Crippen molar-refractivity contribution in [2.75, 3.05) is 7.05 Å². The molecule has 0 radical (unpaired) electrons. The average molecular weight is 358 g/mol. The van der Waals surface area contributed by atoms with Gasteiger partial charge >= 0.3 is 0 Å². The largest absolute Gasteiger partial charge is 0.309 e. The van der Waals surface area contributed by atoms with E-state index in [9.17, 15) is 0 Å². The number of benzene rings is 2. The molecule has 0 saturated heterocycles. The van der Waals surface area contributed by atoms with Crippen LogP contribution >= 0.6 is 34.2 Å². The molecule has 0 fully saturated rings. The topological polar surface area (TPSA) is 12.0 Å². The molecule has 0 bridgehead atoms. The van der Waals surface area contributed by atoms with Gasteiger partial charge in [-0.15, -0.1) is 0 Å². The molecule has 88 valence electrons. The highest BCUT2D eigenvalue weighted by atomic mass is 127. The zero-order valence-electron chi connectivity index (χ0n) is 9.45. The first-order valence-electron chi connectivity index (χ1n) is 5.39. The fourth-order valence-corrected chi connectivity index (χ4v) is 2.79. The van der Waals surface area contributed by atoms with Gasteiger partial charge in [0.05, 0.1) is 6.04 Å². The van der Waals surface area contributed by atoms with Crippen LogP contribution in [0.2, 0.25) is 5.02 Å². The average Bonchev–Trinajstić information content (AvgIpc) is 2.33. The fraction of sp³-hybridized carbons (Fsp3) is 0.143. The third-order valence-corrected chi connectivity index (χ3v) is 3.90. The van der Waals surface area contributed by atoms with Gasteiger partial charge in [-0.1, -0.05) is 41.9 Å². The molecular formula is C14H13ClIN. The Bertz CT molecular complexity index is 513. The summed E-state index contributed by atoms with van der Waals surface area (Å²) in [5, 5.41) is 4.11. The maximum Gasteiger partial charge on any atom is 0.0585 e. The Morgan fingerprint density at radius 2 is 1.88 bits per heavy atom. The lowest BCUT2D eigenvalue weighted by molar-refractivity contribution is 0.689. The third-order valence-electron chi connectivity index (χ3n) is 2.69. The second-order valence-corrected chi connectivity index (χ2v) is 5.40. The van der Waals surface area contributed by atoms with E-state index in [0.29, 0.717) is 0 Å². The third kappa shape index (κ3) is 3.00. The van der Waals surface area contributed by atoms with Crippen molar-refractivity contribution in [1.29, 1.82) is 0 Å². The van der Waals surface area contributed by atoms with Crippen LogP contribution in [0.3, 0.4) is 0 Å². The molecule has 1 N–H and O–H groups in total. The maximum absolute atomic E-state index is 6.04. The van der Waals surface area contributed by atoms with Crippen molar-refractivity contribution >= 4 is 34.2 Å². The van der Waals surface area contributed by atoms with Crippen molar-refractivity contribution in [2.45, 2.75) is 6.04 Å². The Hall–Kier alpha value is -0.580. The molecule has 1 atom stereocenters. The Balaban J connectivity index is 2.44. The summed E-state index contributed by atoms with van der Waals surface area (Å²) in [6, 6.07) is 16.5. The summed E-state index contributed by atoms with van der Waals surface area (Å²) in [4.78, 5) is 0.